The van der Waals surface area contributed by atoms with E-state index in [4.69, 9.17) is 11.6 Å². The number of halogens is 1. The van der Waals surface area contributed by atoms with Gasteiger partial charge in [0.1, 0.15) is 5.01 Å². The van der Waals surface area contributed by atoms with Crippen LogP contribution in [0.1, 0.15) is 23.4 Å². The van der Waals surface area contributed by atoms with Gasteiger partial charge in [-0.3, -0.25) is 0 Å². The SMILES string of the molecule is Clc1ccc(Cc2nnc(NC3CC=CC3)s2)cc1. The van der Waals surface area contributed by atoms with Gasteiger partial charge in [0.2, 0.25) is 5.13 Å². The Kier molecular flexibility index (Phi) is 3.80. The maximum absolute atomic E-state index is 5.87. The van der Waals surface area contributed by atoms with Crippen molar-refractivity contribution >= 4 is 28.1 Å². The van der Waals surface area contributed by atoms with Crippen LogP contribution in [0.5, 0.6) is 0 Å². The zero-order valence-corrected chi connectivity index (χ0v) is 11.9. The van der Waals surface area contributed by atoms with Crippen LogP contribution >= 0.6 is 22.9 Å². The average Bonchev–Trinajstić information content (AvgIpc) is 3.05. The van der Waals surface area contributed by atoms with Crippen molar-refractivity contribution in [1.29, 1.82) is 0 Å². The first-order chi connectivity index (χ1) is 9.29. The summed E-state index contributed by atoms with van der Waals surface area (Å²) in [5.41, 5.74) is 1.20. The van der Waals surface area contributed by atoms with Crippen LogP contribution in [0.15, 0.2) is 36.4 Å². The second kappa shape index (κ2) is 5.72. The summed E-state index contributed by atoms with van der Waals surface area (Å²) in [4.78, 5) is 0. The molecule has 0 aliphatic heterocycles. The minimum absolute atomic E-state index is 0.483. The Morgan fingerprint density at radius 3 is 2.63 bits per heavy atom. The normalized spacial score (nSPS) is 15.0. The monoisotopic (exact) mass is 291 g/mol. The number of aromatic nitrogens is 2. The number of nitrogens with zero attached hydrogens (tertiary/aromatic N) is 2. The third-order valence-corrected chi connectivity index (χ3v) is 4.18. The van der Waals surface area contributed by atoms with Crippen molar-refractivity contribution in [3.05, 3.63) is 52.0 Å². The highest BCUT2D eigenvalue weighted by atomic mass is 35.5. The quantitative estimate of drug-likeness (QED) is 0.868. The molecular weight excluding hydrogens is 278 g/mol. The number of anilines is 1. The third-order valence-electron chi connectivity index (χ3n) is 3.07. The van der Waals surface area contributed by atoms with Crippen molar-refractivity contribution in [2.24, 2.45) is 0 Å². The van der Waals surface area contributed by atoms with E-state index in [1.54, 1.807) is 11.3 Å². The highest BCUT2D eigenvalue weighted by Gasteiger charge is 2.12. The molecule has 1 aliphatic carbocycles. The molecule has 0 bridgehead atoms. The molecule has 0 saturated heterocycles. The Bertz CT molecular complexity index is 569. The van der Waals surface area contributed by atoms with Gasteiger partial charge in [-0.05, 0) is 30.5 Å². The molecule has 0 fully saturated rings. The first-order valence-electron chi connectivity index (χ1n) is 6.28. The van der Waals surface area contributed by atoms with E-state index in [9.17, 15) is 0 Å². The van der Waals surface area contributed by atoms with Crippen LogP contribution in [0.25, 0.3) is 0 Å². The van der Waals surface area contributed by atoms with E-state index >= 15 is 0 Å². The Balaban J connectivity index is 1.62. The maximum atomic E-state index is 5.87. The lowest BCUT2D eigenvalue weighted by molar-refractivity contribution is 0.781. The van der Waals surface area contributed by atoms with Crippen LogP contribution in [0.3, 0.4) is 0 Å². The van der Waals surface area contributed by atoms with Crippen LogP contribution in [-0.2, 0) is 6.42 Å². The van der Waals surface area contributed by atoms with E-state index in [0.29, 0.717) is 6.04 Å². The topological polar surface area (TPSA) is 37.8 Å². The van der Waals surface area contributed by atoms with E-state index < -0.39 is 0 Å². The van der Waals surface area contributed by atoms with Crippen LogP contribution < -0.4 is 5.32 Å². The molecule has 2 aromatic rings. The molecule has 5 heteroatoms. The largest absolute Gasteiger partial charge is 0.357 e. The lowest BCUT2D eigenvalue weighted by Gasteiger charge is -2.08. The lowest BCUT2D eigenvalue weighted by Crippen LogP contribution is -2.14. The number of hydrogen-bond acceptors (Lipinski definition) is 4. The van der Waals surface area contributed by atoms with Crippen LogP contribution in [-0.4, -0.2) is 16.2 Å². The molecule has 0 radical (unpaired) electrons. The molecular formula is C14H14ClN3S. The number of hydrogen-bond donors (Lipinski definition) is 1. The summed E-state index contributed by atoms with van der Waals surface area (Å²) < 4.78 is 0. The minimum Gasteiger partial charge on any atom is -0.357 e. The van der Waals surface area contributed by atoms with E-state index in [1.807, 2.05) is 24.3 Å². The molecule has 3 nitrogen and oxygen atoms in total. The van der Waals surface area contributed by atoms with Crippen LogP contribution in [0.4, 0.5) is 5.13 Å². The smallest absolute Gasteiger partial charge is 0.205 e. The van der Waals surface area contributed by atoms with Gasteiger partial charge in [-0.25, -0.2) is 0 Å². The van der Waals surface area contributed by atoms with Crippen molar-refractivity contribution in [2.45, 2.75) is 25.3 Å². The first kappa shape index (κ1) is 12.6. The van der Waals surface area contributed by atoms with E-state index in [0.717, 1.165) is 34.4 Å². The van der Waals surface area contributed by atoms with Crippen molar-refractivity contribution in [3.8, 4) is 0 Å². The van der Waals surface area contributed by atoms with Crippen molar-refractivity contribution in [1.82, 2.24) is 10.2 Å². The summed E-state index contributed by atoms with van der Waals surface area (Å²) >= 11 is 7.50. The molecule has 98 valence electrons. The average molecular weight is 292 g/mol. The fraction of sp³-hybridized carbons (Fsp3) is 0.286. The van der Waals surface area contributed by atoms with E-state index in [-0.39, 0.29) is 0 Å². The van der Waals surface area contributed by atoms with Crippen LogP contribution in [0.2, 0.25) is 5.02 Å². The van der Waals surface area contributed by atoms with Crippen LogP contribution in [0, 0.1) is 0 Å². The molecule has 0 saturated carbocycles. The van der Waals surface area contributed by atoms with Gasteiger partial charge in [-0.1, -0.05) is 47.2 Å². The van der Waals surface area contributed by atoms with E-state index in [2.05, 4.69) is 27.7 Å². The third kappa shape index (κ3) is 3.33. The molecule has 0 amide bonds. The number of rotatable bonds is 4. The summed E-state index contributed by atoms with van der Waals surface area (Å²) in [5.74, 6) is 0. The predicted molar refractivity (Wildman–Crippen MR) is 80.0 cm³/mol. The highest BCUT2D eigenvalue weighted by Crippen LogP contribution is 2.22. The highest BCUT2D eigenvalue weighted by molar-refractivity contribution is 7.15. The molecule has 1 heterocycles. The molecule has 1 aliphatic rings. The Morgan fingerprint density at radius 2 is 1.89 bits per heavy atom. The van der Waals surface area contributed by atoms with Gasteiger partial charge in [-0.15, -0.1) is 10.2 Å². The Morgan fingerprint density at radius 1 is 1.16 bits per heavy atom. The fourth-order valence-corrected chi connectivity index (χ4v) is 3.05. The van der Waals surface area contributed by atoms with Gasteiger partial charge >= 0.3 is 0 Å². The van der Waals surface area contributed by atoms with Gasteiger partial charge in [0.15, 0.2) is 0 Å². The number of benzene rings is 1. The minimum atomic E-state index is 0.483. The summed E-state index contributed by atoms with van der Waals surface area (Å²) in [6, 6.07) is 8.34. The summed E-state index contributed by atoms with van der Waals surface area (Å²) in [6.07, 6.45) is 7.36. The molecule has 3 rings (SSSR count). The number of nitrogens with one attached hydrogen (secondary N) is 1. The van der Waals surface area contributed by atoms with Crippen molar-refractivity contribution in [3.63, 3.8) is 0 Å². The summed E-state index contributed by atoms with van der Waals surface area (Å²) in [7, 11) is 0. The van der Waals surface area contributed by atoms with Crippen molar-refractivity contribution in [2.75, 3.05) is 5.32 Å². The van der Waals surface area contributed by atoms with Gasteiger partial charge in [-0.2, -0.15) is 0 Å². The maximum Gasteiger partial charge on any atom is 0.205 e. The van der Waals surface area contributed by atoms with Gasteiger partial charge in [0, 0.05) is 17.5 Å². The Hall–Kier alpha value is -1.39. The molecule has 0 unspecified atom stereocenters. The zero-order chi connectivity index (χ0) is 13.1. The molecule has 0 spiro atoms. The molecule has 1 N–H and O–H groups in total. The van der Waals surface area contributed by atoms with Gasteiger partial charge in [0.25, 0.3) is 0 Å². The molecule has 0 atom stereocenters. The fourth-order valence-electron chi connectivity index (χ4n) is 2.07. The first-order valence-corrected chi connectivity index (χ1v) is 7.47. The predicted octanol–water partition coefficient (Wildman–Crippen LogP) is 3.91. The lowest BCUT2D eigenvalue weighted by atomic mass is 10.2. The second-order valence-corrected chi connectivity index (χ2v) is 6.09. The molecule has 1 aromatic carbocycles. The molecule has 1 aromatic heterocycles. The Labute approximate surface area is 121 Å². The zero-order valence-electron chi connectivity index (χ0n) is 10.3. The standard InChI is InChI=1S/C14H14ClN3S/c15-11-7-5-10(6-8-11)9-13-17-18-14(19-13)16-12-3-1-2-4-12/h1-2,5-8,12H,3-4,9H2,(H,16,18). The second-order valence-electron chi connectivity index (χ2n) is 4.59. The molecule has 19 heavy (non-hydrogen) atoms. The van der Waals surface area contributed by atoms with Gasteiger partial charge in [0.05, 0.1) is 0 Å². The summed E-state index contributed by atoms with van der Waals surface area (Å²) in [5, 5.41) is 14.5. The summed E-state index contributed by atoms with van der Waals surface area (Å²) in [6.45, 7) is 0. The van der Waals surface area contributed by atoms with E-state index in [1.165, 1.54) is 5.56 Å². The van der Waals surface area contributed by atoms with Gasteiger partial charge < -0.3 is 5.32 Å². The van der Waals surface area contributed by atoms with Crippen molar-refractivity contribution < 1.29 is 0 Å².